The Bertz CT molecular complexity index is 1210. The average molecular weight is 421 g/mol. The molecule has 0 saturated heterocycles. The summed E-state index contributed by atoms with van der Waals surface area (Å²) in [6.07, 6.45) is 2.04. The van der Waals surface area contributed by atoms with Crippen LogP contribution in [0.25, 0.3) is 11.0 Å². The second-order valence-electron chi connectivity index (χ2n) is 9.40. The third-order valence-electron chi connectivity index (χ3n) is 5.82. The number of para-hydroxylation sites is 1. The molecule has 1 N–H and O–H groups in total. The molecule has 0 spiro atoms. The number of carbonyl (C=O) groups is 2. The fourth-order valence-electron chi connectivity index (χ4n) is 4.59. The van der Waals surface area contributed by atoms with Crippen LogP contribution in [0, 0.1) is 5.41 Å². The molecule has 1 unspecified atom stereocenters. The molecule has 1 aromatic carbocycles. The Morgan fingerprint density at radius 3 is 2.61 bits per heavy atom. The van der Waals surface area contributed by atoms with Crippen molar-refractivity contribution in [1.82, 2.24) is 5.32 Å². The van der Waals surface area contributed by atoms with E-state index in [-0.39, 0.29) is 33.9 Å². The number of hydrogen-bond donors (Lipinski definition) is 1. The molecule has 2 aromatic rings. The minimum atomic E-state index is -0.827. The van der Waals surface area contributed by atoms with Gasteiger partial charge in [-0.15, -0.1) is 0 Å². The van der Waals surface area contributed by atoms with E-state index in [4.69, 9.17) is 9.15 Å². The molecule has 1 aromatic heterocycles. The first-order valence-electron chi connectivity index (χ1n) is 10.5. The number of fused-ring (bicyclic) bond motifs is 1. The standard InChI is InChI=1S/C25H27NO5/c1-13(2)31-24(29)20-14(3)26-17-10-25(4,5)11-18(27)22(17)21(20)16-12-30-19-9-7-6-8-15(19)23(16)28/h6-9,12-13,21,26H,10-11H2,1-5H3. The predicted molar refractivity (Wildman–Crippen MR) is 117 cm³/mol. The van der Waals surface area contributed by atoms with Gasteiger partial charge < -0.3 is 14.5 Å². The lowest BCUT2D eigenvalue weighted by Gasteiger charge is -2.39. The number of Topliss-reactive ketones (excluding diaryl/α,β-unsaturated/α-hetero) is 1. The number of hydrogen-bond acceptors (Lipinski definition) is 6. The summed E-state index contributed by atoms with van der Waals surface area (Å²) >= 11 is 0. The zero-order chi connectivity index (χ0) is 22.5. The fourth-order valence-corrected chi connectivity index (χ4v) is 4.59. The summed E-state index contributed by atoms with van der Waals surface area (Å²) in [6, 6.07) is 6.96. The van der Waals surface area contributed by atoms with Gasteiger partial charge in [-0.05, 0) is 44.7 Å². The van der Waals surface area contributed by atoms with Crippen LogP contribution in [0.15, 0.2) is 62.3 Å². The third-order valence-corrected chi connectivity index (χ3v) is 5.82. The van der Waals surface area contributed by atoms with Crippen molar-refractivity contribution in [3.8, 4) is 0 Å². The van der Waals surface area contributed by atoms with Crippen LogP contribution >= 0.6 is 0 Å². The van der Waals surface area contributed by atoms with Crippen molar-refractivity contribution in [2.24, 2.45) is 5.41 Å². The van der Waals surface area contributed by atoms with Gasteiger partial charge in [-0.1, -0.05) is 26.0 Å². The maximum absolute atomic E-state index is 13.4. The zero-order valence-corrected chi connectivity index (χ0v) is 18.5. The van der Waals surface area contributed by atoms with Gasteiger partial charge in [-0.3, -0.25) is 9.59 Å². The number of benzene rings is 1. The molecule has 0 saturated carbocycles. The number of dihydropyridines is 1. The number of ether oxygens (including phenoxy) is 1. The normalized spacial score (nSPS) is 20.7. The molecule has 0 radical (unpaired) electrons. The fraction of sp³-hybridized carbons (Fsp3) is 0.400. The van der Waals surface area contributed by atoms with E-state index in [0.29, 0.717) is 35.1 Å². The molecule has 0 bridgehead atoms. The maximum atomic E-state index is 13.4. The van der Waals surface area contributed by atoms with Crippen LogP contribution in [0.3, 0.4) is 0 Å². The largest absolute Gasteiger partial charge is 0.464 e. The number of ketones is 1. The smallest absolute Gasteiger partial charge is 0.337 e. The first kappa shape index (κ1) is 21.1. The molecule has 6 nitrogen and oxygen atoms in total. The van der Waals surface area contributed by atoms with Crippen molar-refractivity contribution in [3.63, 3.8) is 0 Å². The number of carbonyl (C=O) groups excluding carboxylic acids is 2. The van der Waals surface area contributed by atoms with Gasteiger partial charge in [0.05, 0.1) is 29.2 Å². The topological polar surface area (TPSA) is 85.6 Å². The summed E-state index contributed by atoms with van der Waals surface area (Å²) < 4.78 is 11.2. The Balaban J connectivity index is 1.97. The SMILES string of the molecule is CC1=C(C(=O)OC(C)C)C(c2coc3ccccc3c2=O)C2=C(CC(C)(C)CC2=O)N1. The van der Waals surface area contributed by atoms with Crippen LogP contribution in [0.5, 0.6) is 0 Å². The second-order valence-corrected chi connectivity index (χ2v) is 9.40. The van der Waals surface area contributed by atoms with Gasteiger partial charge in [0.1, 0.15) is 5.58 Å². The predicted octanol–water partition coefficient (Wildman–Crippen LogP) is 4.35. The Morgan fingerprint density at radius 1 is 1.19 bits per heavy atom. The van der Waals surface area contributed by atoms with Crippen LogP contribution in [0.2, 0.25) is 0 Å². The molecule has 2 heterocycles. The van der Waals surface area contributed by atoms with E-state index in [9.17, 15) is 14.4 Å². The Labute approximate surface area is 181 Å². The van der Waals surface area contributed by atoms with Gasteiger partial charge in [0, 0.05) is 29.0 Å². The molecule has 1 aliphatic heterocycles. The Morgan fingerprint density at radius 2 is 1.90 bits per heavy atom. The van der Waals surface area contributed by atoms with Gasteiger partial charge in [-0.25, -0.2) is 4.79 Å². The van der Waals surface area contributed by atoms with Crippen molar-refractivity contribution in [2.75, 3.05) is 0 Å². The van der Waals surface area contributed by atoms with Crippen molar-refractivity contribution in [3.05, 3.63) is 68.9 Å². The molecule has 2 aliphatic rings. The summed E-state index contributed by atoms with van der Waals surface area (Å²) in [5.41, 5.74) is 2.37. The number of rotatable bonds is 3. The minimum absolute atomic E-state index is 0.0707. The maximum Gasteiger partial charge on any atom is 0.337 e. The van der Waals surface area contributed by atoms with Crippen molar-refractivity contribution in [2.45, 2.75) is 59.5 Å². The first-order chi connectivity index (χ1) is 14.6. The van der Waals surface area contributed by atoms with E-state index in [0.717, 1.165) is 5.70 Å². The quantitative estimate of drug-likeness (QED) is 0.742. The van der Waals surface area contributed by atoms with E-state index in [1.165, 1.54) is 6.26 Å². The summed E-state index contributed by atoms with van der Waals surface area (Å²) in [7, 11) is 0. The number of esters is 1. The number of nitrogens with one attached hydrogen (secondary N) is 1. The van der Waals surface area contributed by atoms with Gasteiger partial charge in [-0.2, -0.15) is 0 Å². The molecule has 0 fully saturated rings. The van der Waals surface area contributed by atoms with E-state index in [1.807, 2.05) is 13.8 Å². The van der Waals surface area contributed by atoms with Gasteiger partial charge >= 0.3 is 5.97 Å². The van der Waals surface area contributed by atoms with Crippen molar-refractivity contribution < 1.29 is 18.7 Å². The monoisotopic (exact) mass is 421 g/mol. The molecule has 162 valence electrons. The highest BCUT2D eigenvalue weighted by molar-refractivity contribution is 6.04. The minimum Gasteiger partial charge on any atom is -0.464 e. The van der Waals surface area contributed by atoms with Crippen LogP contribution in [0.4, 0.5) is 0 Å². The Kier molecular flexibility index (Phi) is 5.12. The van der Waals surface area contributed by atoms with E-state index < -0.39 is 11.9 Å². The number of allylic oxidation sites excluding steroid dienone is 3. The highest BCUT2D eigenvalue weighted by Crippen LogP contribution is 2.46. The van der Waals surface area contributed by atoms with Crippen molar-refractivity contribution in [1.29, 1.82) is 0 Å². The van der Waals surface area contributed by atoms with E-state index >= 15 is 0 Å². The zero-order valence-electron chi connectivity index (χ0n) is 18.5. The molecular formula is C25H27NO5. The summed E-state index contributed by atoms with van der Waals surface area (Å²) in [5, 5.41) is 3.69. The lowest BCUT2D eigenvalue weighted by atomic mass is 9.68. The highest BCUT2D eigenvalue weighted by atomic mass is 16.5. The van der Waals surface area contributed by atoms with E-state index in [1.54, 1.807) is 45.0 Å². The summed E-state index contributed by atoms with van der Waals surface area (Å²) in [6.45, 7) is 9.39. The van der Waals surface area contributed by atoms with Crippen LogP contribution in [-0.2, 0) is 14.3 Å². The lowest BCUT2D eigenvalue weighted by Crippen LogP contribution is -2.40. The van der Waals surface area contributed by atoms with Gasteiger partial charge in [0.15, 0.2) is 11.2 Å². The molecule has 4 rings (SSSR count). The van der Waals surface area contributed by atoms with Gasteiger partial charge in [0.25, 0.3) is 0 Å². The molecule has 1 aliphatic carbocycles. The lowest BCUT2D eigenvalue weighted by molar-refractivity contribution is -0.143. The molecule has 6 heteroatoms. The molecule has 0 amide bonds. The van der Waals surface area contributed by atoms with Crippen LogP contribution in [-0.4, -0.2) is 17.9 Å². The first-order valence-corrected chi connectivity index (χ1v) is 10.5. The second kappa shape index (κ2) is 7.52. The Hall–Kier alpha value is -3.15. The molecule has 1 atom stereocenters. The highest BCUT2D eigenvalue weighted by Gasteiger charge is 2.44. The molecule has 31 heavy (non-hydrogen) atoms. The average Bonchev–Trinajstić information content (AvgIpc) is 2.65. The molecular weight excluding hydrogens is 394 g/mol. The summed E-state index contributed by atoms with van der Waals surface area (Å²) in [4.78, 5) is 39.8. The van der Waals surface area contributed by atoms with Crippen LogP contribution in [0.1, 0.15) is 58.9 Å². The van der Waals surface area contributed by atoms with Crippen LogP contribution < -0.4 is 10.7 Å². The summed E-state index contributed by atoms with van der Waals surface area (Å²) in [5.74, 6) is -1.44. The van der Waals surface area contributed by atoms with E-state index in [2.05, 4.69) is 5.32 Å². The van der Waals surface area contributed by atoms with Crippen molar-refractivity contribution >= 4 is 22.7 Å². The third kappa shape index (κ3) is 3.71. The van der Waals surface area contributed by atoms with Gasteiger partial charge in [0.2, 0.25) is 0 Å².